The van der Waals surface area contributed by atoms with Crippen molar-refractivity contribution in [2.45, 2.75) is 20.3 Å². The van der Waals surface area contributed by atoms with Gasteiger partial charge in [0.2, 0.25) is 0 Å². The number of aryl methyl sites for hydroxylation is 2. The number of rotatable bonds is 7. The van der Waals surface area contributed by atoms with Crippen LogP contribution in [0.3, 0.4) is 0 Å². The van der Waals surface area contributed by atoms with Crippen molar-refractivity contribution >= 4 is 28.8 Å². The third-order valence-electron chi connectivity index (χ3n) is 5.68. The van der Waals surface area contributed by atoms with Crippen LogP contribution in [0.15, 0.2) is 72.4 Å². The normalized spacial score (nSPS) is 13.5. The predicted octanol–water partition coefficient (Wildman–Crippen LogP) is 4.97. The van der Waals surface area contributed by atoms with Crippen molar-refractivity contribution in [3.05, 3.63) is 89.1 Å². The fourth-order valence-electron chi connectivity index (χ4n) is 3.81. The van der Waals surface area contributed by atoms with Gasteiger partial charge in [0.05, 0.1) is 25.5 Å². The Bertz CT molecular complexity index is 1230. The molecule has 4 rings (SSSR count). The molecule has 1 N–H and O–H groups in total. The minimum atomic E-state index is -0.408. The van der Waals surface area contributed by atoms with Gasteiger partial charge in [0.25, 0.3) is 11.8 Å². The number of carbonyl (C=O) groups is 2. The summed E-state index contributed by atoms with van der Waals surface area (Å²) in [5.74, 6) is 0.316. The van der Waals surface area contributed by atoms with Crippen molar-refractivity contribution in [1.82, 2.24) is 0 Å². The summed E-state index contributed by atoms with van der Waals surface area (Å²) in [5, 5.41) is 3.16. The van der Waals surface area contributed by atoms with Gasteiger partial charge in [-0.25, -0.2) is 4.90 Å². The van der Waals surface area contributed by atoms with Crippen LogP contribution in [0.5, 0.6) is 11.5 Å². The maximum atomic E-state index is 13.5. The van der Waals surface area contributed by atoms with E-state index in [0.29, 0.717) is 34.0 Å². The molecule has 3 aromatic rings. The molecule has 2 amide bonds. The van der Waals surface area contributed by atoms with Crippen LogP contribution in [0.2, 0.25) is 0 Å². The molecule has 0 unspecified atom stereocenters. The number of benzene rings is 3. The van der Waals surface area contributed by atoms with E-state index >= 15 is 0 Å². The quantitative estimate of drug-likeness (QED) is 0.523. The molecule has 0 radical (unpaired) electrons. The molecular formula is C27H26N2O4. The molecule has 1 aliphatic rings. The predicted molar refractivity (Wildman–Crippen MR) is 130 cm³/mol. The van der Waals surface area contributed by atoms with E-state index in [-0.39, 0.29) is 11.6 Å². The van der Waals surface area contributed by atoms with Crippen molar-refractivity contribution in [2.75, 3.05) is 24.4 Å². The first-order valence-corrected chi connectivity index (χ1v) is 10.7. The number of anilines is 2. The second-order valence-corrected chi connectivity index (χ2v) is 7.78. The van der Waals surface area contributed by atoms with Crippen LogP contribution in [0, 0.1) is 6.92 Å². The second-order valence-electron chi connectivity index (χ2n) is 7.78. The molecule has 0 aliphatic carbocycles. The Kier molecular flexibility index (Phi) is 6.18. The number of nitrogens with one attached hydrogen (secondary N) is 1. The Labute approximate surface area is 193 Å². The lowest BCUT2D eigenvalue weighted by atomic mass is 10.0. The van der Waals surface area contributed by atoms with Gasteiger partial charge in [0.15, 0.2) is 11.5 Å². The average Bonchev–Trinajstić information content (AvgIpc) is 3.08. The lowest BCUT2D eigenvalue weighted by Gasteiger charge is -2.16. The van der Waals surface area contributed by atoms with Crippen LogP contribution >= 0.6 is 0 Å². The third kappa shape index (κ3) is 4.20. The first-order valence-electron chi connectivity index (χ1n) is 10.7. The van der Waals surface area contributed by atoms with E-state index in [2.05, 4.69) is 12.2 Å². The van der Waals surface area contributed by atoms with Gasteiger partial charge in [-0.3, -0.25) is 9.59 Å². The summed E-state index contributed by atoms with van der Waals surface area (Å²) in [5.41, 5.74) is 4.57. The van der Waals surface area contributed by atoms with Gasteiger partial charge in [-0.2, -0.15) is 0 Å². The maximum absolute atomic E-state index is 13.5. The smallest absolute Gasteiger partial charge is 0.282 e. The van der Waals surface area contributed by atoms with Crippen molar-refractivity contribution in [1.29, 1.82) is 0 Å². The van der Waals surface area contributed by atoms with Gasteiger partial charge in [0, 0.05) is 11.8 Å². The number of methoxy groups -OCH3 is 2. The van der Waals surface area contributed by atoms with Crippen molar-refractivity contribution in [3.8, 4) is 11.5 Å². The summed E-state index contributed by atoms with van der Waals surface area (Å²) in [4.78, 5) is 28.3. The highest BCUT2D eigenvalue weighted by atomic mass is 16.5. The molecule has 6 nitrogen and oxygen atoms in total. The molecule has 168 valence electrons. The largest absolute Gasteiger partial charge is 0.493 e. The summed E-state index contributed by atoms with van der Waals surface area (Å²) < 4.78 is 10.7. The van der Waals surface area contributed by atoms with E-state index in [9.17, 15) is 9.59 Å². The molecule has 0 spiro atoms. The molecule has 0 aromatic heterocycles. The molecule has 1 aliphatic heterocycles. The van der Waals surface area contributed by atoms with E-state index in [4.69, 9.17) is 9.47 Å². The van der Waals surface area contributed by atoms with E-state index < -0.39 is 5.91 Å². The van der Waals surface area contributed by atoms with E-state index in [1.165, 1.54) is 4.90 Å². The number of nitrogens with zero attached hydrogens (tertiary/aromatic N) is 1. The zero-order valence-corrected chi connectivity index (χ0v) is 19.1. The van der Waals surface area contributed by atoms with Gasteiger partial charge in [-0.1, -0.05) is 48.9 Å². The third-order valence-corrected chi connectivity index (χ3v) is 5.68. The summed E-state index contributed by atoms with van der Waals surface area (Å²) >= 11 is 0. The Morgan fingerprint density at radius 1 is 0.818 bits per heavy atom. The summed E-state index contributed by atoms with van der Waals surface area (Å²) in [6.07, 6.45) is 0.876. The summed E-state index contributed by atoms with van der Waals surface area (Å²) in [6.45, 7) is 4.04. The van der Waals surface area contributed by atoms with E-state index in [1.54, 1.807) is 44.6 Å². The molecule has 33 heavy (non-hydrogen) atoms. The maximum Gasteiger partial charge on any atom is 0.282 e. The molecule has 0 bridgehead atoms. The van der Waals surface area contributed by atoms with Crippen LogP contribution in [0.25, 0.3) is 5.57 Å². The highest BCUT2D eigenvalue weighted by Gasteiger charge is 2.40. The van der Waals surface area contributed by atoms with Crippen LogP contribution in [-0.2, 0) is 16.0 Å². The number of hydrogen-bond acceptors (Lipinski definition) is 5. The van der Waals surface area contributed by atoms with Crippen molar-refractivity contribution in [2.24, 2.45) is 0 Å². The zero-order valence-electron chi connectivity index (χ0n) is 19.1. The average molecular weight is 443 g/mol. The molecule has 3 aromatic carbocycles. The highest BCUT2D eigenvalue weighted by molar-refractivity contribution is 6.46. The number of ether oxygens (including phenoxy) is 2. The fourth-order valence-corrected chi connectivity index (χ4v) is 3.81. The van der Waals surface area contributed by atoms with Gasteiger partial charge < -0.3 is 14.8 Å². The first-order chi connectivity index (χ1) is 16.0. The molecule has 6 heteroatoms. The monoisotopic (exact) mass is 442 g/mol. The molecule has 0 saturated heterocycles. The Morgan fingerprint density at radius 2 is 1.48 bits per heavy atom. The van der Waals surface area contributed by atoms with Crippen LogP contribution in [0.1, 0.15) is 23.6 Å². The van der Waals surface area contributed by atoms with E-state index in [1.807, 2.05) is 43.3 Å². The minimum absolute atomic E-state index is 0.218. The minimum Gasteiger partial charge on any atom is -0.493 e. The lowest BCUT2D eigenvalue weighted by molar-refractivity contribution is -0.120. The van der Waals surface area contributed by atoms with Crippen LogP contribution in [0.4, 0.5) is 11.4 Å². The highest BCUT2D eigenvalue weighted by Crippen LogP contribution is 2.36. The number of amides is 2. The van der Waals surface area contributed by atoms with Gasteiger partial charge in [-0.05, 0) is 48.7 Å². The molecule has 0 fully saturated rings. The Balaban J connectivity index is 1.79. The topological polar surface area (TPSA) is 67.9 Å². The SMILES string of the molecule is CCc1ccc(N2C(=O)C(Nc3ccc(OC)c(OC)c3)=C(c3ccc(C)cc3)C2=O)cc1. The second kappa shape index (κ2) is 9.20. The van der Waals surface area contributed by atoms with Crippen molar-refractivity contribution in [3.63, 3.8) is 0 Å². The Hall–Kier alpha value is -4.06. The zero-order chi connectivity index (χ0) is 23.5. The Morgan fingerprint density at radius 3 is 2.09 bits per heavy atom. The molecule has 0 atom stereocenters. The standard InChI is InChI=1S/C27H26N2O4/c1-5-18-8-13-21(14-9-18)29-26(30)24(19-10-6-17(2)7-11-19)25(27(29)31)28-20-12-15-22(32-3)23(16-20)33-4/h6-16,28H,5H2,1-4H3. The van der Waals surface area contributed by atoms with Crippen LogP contribution < -0.4 is 19.7 Å². The fraction of sp³-hybridized carbons (Fsp3) is 0.185. The number of hydrogen-bond donors (Lipinski definition) is 1. The van der Waals surface area contributed by atoms with Gasteiger partial charge in [-0.15, -0.1) is 0 Å². The number of carbonyl (C=O) groups excluding carboxylic acids is 2. The molecule has 0 saturated carbocycles. The molecular weight excluding hydrogens is 416 g/mol. The van der Waals surface area contributed by atoms with E-state index in [0.717, 1.165) is 17.5 Å². The summed E-state index contributed by atoms with van der Waals surface area (Å²) in [7, 11) is 3.11. The van der Waals surface area contributed by atoms with Crippen LogP contribution in [-0.4, -0.2) is 26.0 Å². The number of imide groups is 1. The lowest BCUT2D eigenvalue weighted by Crippen LogP contribution is -2.32. The van der Waals surface area contributed by atoms with Gasteiger partial charge in [0.1, 0.15) is 5.70 Å². The van der Waals surface area contributed by atoms with Crippen molar-refractivity contribution < 1.29 is 19.1 Å². The summed E-state index contributed by atoms with van der Waals surface area (Å²) in [6, 6.07) is 20.3. The van der Waals surface area contributed by atoms with Gasteiger partial charge >= 0.3 is 0 Å². The molecule has 1 heterocycles. The first kappa shape index (κ1) is 22.1.